The molecule has 1 aromatic rings. The van der Waals surface area contributed by atoms with Crippen LogP contribution in [0.2, 0.25) is 10.0 Å². The molecule has 0 aromatic heterocycles. The molecule has 0 aliphatic carbocycles. The van der Waals surface area contributed by atoms with Crippen LogP contribution >= 0.6 is 35.4 Å². The smallest absolute Gasteiger partial charge is 0.338 e. The van der Waals surface area contributed by atoms with Crippen LogP contribution in [0.25, 0.3) is 0 Å². The minimum atomic E-state index is -0.424. The Labute approximate surface area is 138 Å². The number of esters is 1. The molecule has 0 spiro atoms. The van der Waals surface area contributed by atoms with Crippen molar-refractivity contribution in [1.29, 1.82) is 0 Å². The molecule has 0 radical (unpaired) electrons. The third-order valence-corrected chi connectivity index (χ3v) is 4.00. The molecule has 112 valence electrons. The van der Waals surface area contributed by atoms with Crippen LogP contribution in [0.4, 0.5) is 0 Å². The first kappa shape index (κ1) is 16.1. The van der Waals surface area contributed by atoms with Crippen molar-refractivity contribution in [3.05, 3.63) is 45.1 Å². The van der Waals surface area contributed by atoms with Gasteiger partial charge in [0, 0.05) is 5.70 Å². The van der Waals surface area contributed by atoms with Crippen molar-refractivity contribution < 1.29 is 9.53 Å². The molecule has 1 aliphatic heterocycles. The maximum atomic E-state index is 12.2. The Kier molecular flexibility index (Phi) is 5.08. The second kappa shape index (κ2) is 6.64. The molecule has 7 heteroatoms. The van der Waals surface area contributed by atoms with Gasteiger partial charge in [0.1, 0.15) is 0 Å². The van der Waals surface area contributed by atoms with Crippen LogP contribution in [-0.4, -0.2) is 17.7 Å². The molecule has 0 bridgehead atoms. The van der Waals surface area contributed by atoms with Gasteiger partial charge in [0.25, 0.3) is 0 Å². The van der Waals surface area contributed by atoms with E-state index in [1.165, 1.54) is 0 Å². The molecule has 1 unspecified atom stereocenters. The lowest BCUT2D eigenvalue weighted by molar-refractivity contribution is -0.139. The first-order valence-corrected chi connectivity index (χ1v) is 7.50. The van der Waals surface area contributed by atoms with Gasteiger partial charge in [-0.25, -0.2) is 4.79 Å². The molecule has 0 saturated heterocycles. The van der Waals surface area contributed by atoms with Gasteiger partial charge in [-0.2, -0.15) is 0 Å². The Morgan fingerprint density at radius 2 is 2.10 bits per heavy atom. The molecule has 21 heavy (non-hydrogen) atoms. The molecule has 0 amide bonds. The lowest BCUT2D eigenvalue weighted by Crippen LogP contribution is -2.45. The fourth-order valence-electron chi connectivity index (χ4n) is 2.12. The highest BCUT2D eigenvalue weighted by atomic mass is 35.5. The first-order chi connectivity index (χ1) is 9.93. The number of hydrogen-bond acceptors (Lipinski definition) is 3. The van der Waals surface area contributed by atoms with E-state index in [9.17, 15) is 4.79 Å². The Balaban J connectivity index is 2.46. The topological polar surface area (TPSA) is 50.4 Å². The molecular weight excluding hydrogens is 331 g/mol. The second-order valence-electron chi connectivity index (χ2n) is 4.46. The van der Waals surface area contributed by atoms with Crippen LogP contribution in [-0.2, 0) is 9.53 Å². The molecule has 1 aliphatic rings. The van der Waals surface area contributed by atoms with Crippen LogP contribution in [0.3, 0.4) is 0 Å². The minimum Gasteiger partial charge on any atom is -0.463 e. The monoisotopic (exact) mass is 344 g/mol. The molecule has 2 rings (SSSR count). The Morgan fingerprint density at radius 1 is 1.38 bits per heavy atom. The third kappa shape index (κ3) is 3.48. The van der Waals surface area contributed by atoms with E-state index in [4.69, 9.17) is 40.2 Å². The number of benzene rings is 1. The maximum absolute atomic E-state index is 12.2. The molecule has 1 aromatic carbocycles. The van der Waals surface area contributed by atoms with E-state index in [1.54, 1.807) is 32.0 Å². The number of thiocarbonyl (C=S) groups is 1. The van der Waals surface area contributed by atoms with Gasteiger partial charge in [-0.05, 0) is 43.8 Å². The highest BCUT2D eigenvalue weighted by Gasteiger charge is 2.31. The third-order valence-electron chi connectivity index (χ3n) is 3.04. The zero-order chi connectivity index (χ0) is 15.6. The van der Waals surface area contributed by atoms with Crippen molar-refractivity contribution in [1.82, 2.24) is 10.6 Å². The van der Waals surface area contributed by atoms with E-state index in [0.717, 1.165) is 5.56 Å². The van der Waals surface area contributed by atoms with Crippen molar-refractivity contribution in [2.45, 2.75) is 19.9 Å². The van der Waals surface area contributed by atoms with E-state index in [0.29, 0.717) is 33.0 Å². The van der Waals surface area contributed by atoms with Gasteiger partial charge >= 0.3 is 5.97 Å². The van der Waals surface area contributed by atoms with Gasteiger partial charge in [0.2, 0.25) is 0 Å². The van der Waals surface area contributed by atoms with Crippen molar-refractivity contribution in [2.75, 3.05) is 6.61 Å². The summed E-state index contributed by atoms with van der Waals surface area (Å²) in [4.78, 5) is 12.2. The predicted octanol–water partition coefficient (Wildman–Crippen LogP) is 3.35. The largest absolute Gasteiger partial charge is 0.463 e. The van der Waals surface area contributed by atoms with Crippen molar-refractivity contribution in [3.8, 4) is 0 Å². The number of carbonyl (C=O) groups excluding carboxylic acids is 1. The molecule has 4 nitrogen and oxygen atoms in total. The summed E-state index contributed by atoms with van der Waals surface area (Å²) in [6.07, 6.45) is 0. The predicted molar refractivity (Wildman–Crippen MR) is 87.4 cm³/mol. The fraction of sp³-hybridized carbons (Fsp3) is 0.286. The average molecular weight is 345 g/mol. The Morgan fingerprint density at radius 3 is 2.71 bits per heavy atom. The van der Waals surface area contributed by atoms with Crippen LogP contribution in [0.5, 0.6) is 0 Å². The highest BCUT2D eigenvalue weighted by Crippen LogP contribution is 2.31. The maximum Gasteiger partial charge on any atom is 0.338 e. The summed E-state index contributed by atoms with van der Waals surface area (Å²) in [6.45, 7) is 3.84. The zero-order valence-electron chi connectivity index (χ0n) is 11.5. The van der Waals surface area contributed by atoms with E-state index in [1.807, 2.05) is 0 Å². The summed E-state index contributed by atoms with van der Waals surface area (Å²) in [5.41, 5.74) is 1.92. The number of halogens is 2. The summed E-state index contributed by atoms with van der Waals surface area (Å²) in [7, 11) is 0. The van der Waals surface area contributed by atoms with Crippen LogP contribution in [0.1, 0.15) is 25.5 Å². The van der Waals surface area contributed by atoms with Crippen molar-refractivity contribution in [2.24, 2.45) is 0 Å². The van der Waals surface area contributed by atoms with E-state index < -0.39 is 12.0 Å². The number of nitrogens with one attached hydrogen (secondary N) is 2. The summed E-state index contributed by atoms with van der Waals surface area (Å²) >= 11 is 17.1. The number of ether oxygens (including phenoxy) is 1. The van der Waals surface area contributed by atoms with E-state index >= 15 is 0 Å². The van der Waals surface area contributed by atoms with Crippen LogP contribution in [0, 0.1) is 0 Å². The van der Waals surface area contributed by atoms with Gasteiger partial charge in [-0.3, -0.25) is 0 Å². The summed E-state index contributed by atoms with van der Waals surface area (Å²) < 4.78 is 5.11. The zero-order valence-corrected chi connectivity index (χ0v) is 13.8. The Bertz CT molecular complexity index is 631. The minimum absolute atomic E-state index is 0.300. The van der Waals surface area contributed by atoms with E-state index in [2.05, 4.69) is 10.6 Å². The van der Waals surface area contributed by atoms with Crippen LogP contribution < -0.4 is 10.6 Å². The van der Waals surface area contributed by atoms with E-state index in [-0.39, 0.29) is 0 Å². The highest BCUT2D eigenvalue weighted by molar-refractivity contribution is 7.80. The standard InChI is InChI=1S/C14H14Cl2N2O2S/c1-3-20-13(19)11-7(2)17-14(21)18-12(11)8-4-5-9(15)10(16)6-8/h4-6,12H,3H2,1-2H3,(H2,17,18,21). The molecule has 0 saturated carbocycles. The summed E-state index contributed by atoms with van der Waals surface area (Å²) in [6, 6.07) is 4.77. The number of hydrogen-bond donors (Lipinski definition) is 2. The molecule has 0 fully saturated rings. The Hall–Kier alpha value is -1.30. The SMILES string of the molecule is CCOC(=O)C1=C(C)NC(=S)NC1c1ccc(Cl)c(Cl)c1. The molecule has 1 atom stereocenters. The van der Waals surface area contributed by atoms with Gasteiger partial charge in [-0.15, -0.1) is 0 Å². The molecular formula is C14H14Cl2N2O2S. The number of allylic oxidation sites excluding steroid dienone is 1. The molecule has 2 N–H and O–H groups in total. The quantitative estimate of drug-likeness (QED) is 0.650. The first-order valence-electron chi connectivity index (χ1n) is 6.34. The lowest BCUT2D eigenvalue weighted by atomic mass is 9.96. The molecule has 1 heterocycles. The van der Waals surface area contributed by atoms with Crippen LogP contribution in [0.15, 0.2) is 29.5 Å². The number of carbonyl (C=O) groups is 1. The summed E-state index contributed by atoms with van der Waals surface area (Å²) in [5, 5.41) is 7.31. The van der Waals surface area contributed by atoms with Gasteiger partial charge < -0.3 is 15.4 Å². The number of rotatable bonds is 3. The van der Waals surface area contributed by atoms with Gasteiger partial charge in [0.15, 0.2) is 5.11 Å². The van der Waals surface area contributed by atoms with Crippen molar-refractivity contribution in [3.63, 3.8) is 0 Å². The fourth-order valence-corrected chi connectivity index (χ4v) is 2.69. The van der Waals surface area contributed by atoms with Crippen molar-refractivity contribution >= 4 is 46.5 Å². The second-order valence-corrected chi connectivity index (χ2v) is 5.69. The normalized spacial score (nSPS) is 18.1. The summed E-state index contributed by atoms with van der Waals surface area (Å²) in [5.74, 6) is -0.395. The lowest BCUT2D eigenvalue weighted by Gasteiger charge is -2.30. The average Bonchev–Trinajstić information content (AvgIpc) is 2.41. The van der Waals surface area contributed by atoms with Gasteiger partial charge in [0.05, 0.1) is 28.3 Å². The van der Waals surface area contributed by atoms with Gasteiger partial charge in [-0.1, -0.05) is 29.3 Å².